The van der Waals surface area contributed by atoms with Crippen molar-refractivity contribution in [2.75, 3.05) is 44.4 Å². The lowest BCUT2D eigenvalue weighted by Gasteiger charge is -2.29. The number of hydrogen-bond donors (Lipinski definition) is 1. The van der Waals surface area contributed by atoms with E-state index in [1.165, 1.54) is 0 Å². The van der Waals surface area contributed by atoms with Gasteiger partial charge in [0.1, 0.15) is 12.6 Å². The highest BCUT2D eigenvalue weighted by molar-refractivity contribution is 8.01. The molecule has 29 heavy (non-hydrogen) atoms. The number of nitrogens with zero attached hydrogens (tertiary/aromatic N) is 2. The zero-order chi connectivity index (χ0) is 21.0. The summed E-state index contributed by atoms with van der Waals surface area (Å²) in [5.41, 5.74) is 0.638. The van der Waals surface area contributed by atoms with Crippen LogP contribution < -0.4 is 14.8 Å². The molecule has 2 amide bonds. The minimum absolute atomic E-state index is 0.0628. The van der Waals surface area contributed by atoms with Gasteiger partial charge in [0.2, 0.25) is 11.8 Å². The number of ether oxygens (including phenoxy) is 2. The molecular formula is C21H31N3O4S. The molecule has 3 rings (SSSR count). The first-order valence-electron chi connectivity index (χ1n) is 10.2. The average Bonchev–Trinajstić information content (AvgIpc) is 3.21. The lowest BCUT2D eigenvalue weighted by molar-refractivity contribution is -0.135. The number of benzene rings is 1. The molecule has 160 valence electrons. The Bertz CT molecular complexity index is 755. The molecule has 1 N–H and O–H groups in total. The molecule has 0 aliphatic carbocycles. The molecule has 2 heterocycles. The number of methoxy groups -OCH3 is 1. The molecule has 2 aliphatic heterocycles. The van der Waals surface area contributed by atoms with Gasteiger partial charge in [-0.15, -0.1) is 11.8 Å². The van der Waals surface area contributed by atoms with Gasteiger partial charge in [-0.05, 0) is 38.6 Å². The van der Waals surface area contributed by atoms with Crippen LogP contribution in [0.25, 0.3) is 0 Å². The van der Waals surface area contributed by atoms with Crippen LogP contribution in [0.15, 0.2) is 18.2 Å². The molecule has 0 bridgehead atoms. The van der Waals surface area contributed by atoms with Crippen molar-refractivity contribution in [3.8, 4) is 11.5 Å². The van der Waals surface area contributed by atoms with E-state index < -0.39 is 6.04 Å². The summed E-state index contributed by atoms with van der Waals surface area (Å²) in [7, 11) is 1.60. The Morgan fingerprint density at radius 2 is 2.10 bits per heavy atom. The Labute approximate surface area is 177 Å². The van der Waals surface area contributed by atoms with E-state index in [2.05, 4.69) is 24.1 Å². The molecular weight excluding hydrogens is 390 g/mol. The first-order chi connectivity index (χ1) is 13.9. The highest BCUT2D eigenvalue weighted by Gasteiger charge is 2.52. The molecule has 7 nitrogen and oxygen atoms in total. The van der Waals surface area contributed by atoms with Crippen molar-refractivity contribution < 1.29 is 19.1 Å². The third-order valence-electron chi connectivity index (χ3n) is 5.74. The van der Waals surface area contributed by atoms with Crippen LogP contribution in [-0.4, -0.2) is 71.6 Å². The number of fused-ring (bicyclic) bond motifs is 1. The van der Waals surface area contributed by atoms with E-state index in [1.54, 1.807) is 42.0 Å². The fourth-order valence-electron chi connectivity index (χ4n) is 3.93. The number of likely N-dealkylation sites (N-methyl/N-ethyl adjacent to an activating group) is 1. The first kappa shape index (κ1) is 21.8. The van der Waals surface area contributed by atoms with Gasteiger partial charge in [0, 0.05) is 30.5 Å². The van der Waals surface area contributed by atoms with Crippen molar-refractivity contribution in [1.82, 2.24) is 9.80 Å². The Morgan fingerprint density at radius 1 is 1.34 bits per heavy atom. The van der Waals surface area contributed by atoms with Gasteiger partial charge in [-0.2, -0.15) is 0 Å². The smallest absolute Gasteiger partial charge is 0.248 e. The topological polar surface area (TPSA) is 71.1 Å². The molecule has 0 spiro atoms. The first-order valence-corrected chi connectivity index (χ1v) is 11.2. The minimum atomic E-state index is -0.436. The van der Waals surface area contributed by atoms with Gasteiger partial charge in [-0.3, -0.25) is 9.59 Å². The Morgan fingerprint density at radius 3 is 2.79 bits per heavy atom. The highest BCUT2D eigenvalue weighted by atomic mass is 32.2. The lowest BCUT2D eigenvalue weighted by atomic mass is 10.2. The van der Waals surface area contributed by atoms with E-state index in [9.17, 15) is 9.59 Å². The van der Waals surface area contributed by atoms with Crippen LogP contribution in [0.1, 0.15) is 33.6 Å². The number of carbonyl (C=O) groups is 2. The van der Waals surface area contributed by atoms with E-state index >= 15 is 0 Å². The SMILES string of the molecule is CCN(CC)CCOc1cc(NC(=O)C2CSC3(C)CCC(=O)N23)ccc1OC. The standard InChI is InChI=1S/C21H31N3O4S/c1-5-23(6-2)11-12-28-18-13-15(7-8-17(18)27-4)22-20(26)16-14-29-21(3)10-9-19(25)24(16)21/h7-8,13,16H,5-6,9-12,14H2,1-4H3,(H,22,26). The number of hydrogen-bond acceptors (Lipinski definition) is 6. The maximum atomic E-state index is 12.9. The van der Waals surface area contributed by atoms with E-state index in [1.807, 2.05) is 6.92 Å². The third kappa shape index (κ3) is 4.64. The molecule has 2 unspecified atom stereocenters. The van der Waals surface area contributed by atoms with Gasteiger partial charge in [0.05, 0.1) is 12.0 Å². The summed E-state index contributed by atoms with van der Waals surface area (Å²) >= 11 is 1.69. The predicted molar refractivity (Wildman–Crippen MR) is 116 cm³/mol. The summed E-state index contributed by atoms with van der Waals surface area (Å²) < 4.78 is 11.3. The summed E-state index contributed by atoms with van der Waals surface area (Å²) in [6.45, 7) is 9.60. The second-order valence-electron chi connectivity index (χ2n) is 7.50. The maximum Gasteiger partial charge on any atom is 0.248 e. The molecule has 2 aliphatic rings. The van der Waals surface area contributed by atoms with Gasteiger partial charge in [0.15, 0.2) is 11.5 Å². The van der Waals surface area contributed by atoms with E-state index in [4.69, 9.17) is 9.47 Å². The van der Waals surface area contributed by atoms with Crippen LogP contribution in [0.3, 0.4) is 0 Å². The fourth-order valence-corrected chi connectivity index (χ4v) is 5.36. The van der Waals surface area contributed by atoms with Crippen LogP contribution in [0, 0.1) is 0 Å². The molecule has 1 aromatic carbocycles. The van der Waals surface area contributed by atoms with Crippen molar-refractivity contribution in [1.29, 1.82) is 0 Å². The summed E-state index contributed by atoms with van der Waals surface area (Å²) in [4.78, 5) is 29.0. The summed E-state index contributed by atoms with van der Waals surface area (Å²) in [6.07, 6.45) is 1.31. The number of thioether (sulfide) groups is 1. The fraction of sp³-hybridized carbons (Fsp3) is 0.619. The molecule has 1 aromatic rings. The van der Waals surface area contributed by atoms with Gasteiger partial charge in [0.25, 0.3) is 0 Å². The van der Waals surface area contributed by atoms with Crippen LogP contribution in [0.4, 0.5) is 5.69 Å². The molecule has 8 heteroatoms. The van der Waals surface area contributed by atoms with Crippen molar-refractivity contribution in [3.05, 3.63) is 18.2 Å². The Hall–Kier alpha value is -1.93. The second-order valence-corrected chi connectivity index (χ2v) is 9.00. The van der Waals surface area contributed by atoms with Crippen LogP contribution in [0.2, 0.25) is 0 Å². The summed E-state index contributed by atoms with van der Waals surface area (Å²) in [5, 5.41) is 2.96. The molecule has 2 atom stereocenters. The number of amides is 2. The van der Waals surface area contributed by atoms with Crippen molar-refractivity contribution >= 4 is 29.3 Å². The Kier molecular flexibility index (Phi) is 6.95. The van der Waals surface area contributed by atoms with Crippen molar-refractivity contribution in [3.63, 3.8) is 0 Å². The number of nitrogens with one attached hydrogen (secondary N) is 1. The summed E-state index contributed by atoms with van der Waals surface area (Å²) in [5.74, 6) is 1.75. The minimum Gasteiger partial charge on any atom is -0.493 e. The number of carbonyl (C=O) groups excluding carboxylic acids is 2. The highest BCUT2D eigenvalue weighted by Crippen LogP contribution is 2.47. The monoisotopic (exact) mass is 421 g/mol. The van der Waals surface area contributed by atoms with Crippen LogP contribution in [0.5, 0.6) is 11.5 Å². The van der Waals surface area contributed by atoms with Crippen molar-refractivity contribution in [2.45, 2.75) is 44.5 Å². The van der Waals surface area contributed by atoms with E-state index in [0.717, 1.165) is 26.1 Å². The third-order valence-corrected chi connectivity index (χ3v) is 7.24. The molecule has 0 saturated carbocycles. The lowest BCUT2D eigenvalue weighted by Crippen LogP contribution is -2.48. The van der Waals surface area contributed by atoms with Crippen molar-refractivity contribution in [2.24, 2.45) is 0 Å². The van der Waals surface area contributed by atoms with Gasteiger partial charge < -0.3 is 24.6 Å². The van der Waals surface area contributed by atoms with E-state index in [0.29, 0.717) is 36.0 Å². The van der Waals surface area contributed by atoms with Crippen LogP contribution >= 0.6 is 11.8 Å². The zero-order valence-electron chi connectivity index (χ0n) is 17.7. The molecule has 2 saturated heterocycles. The van der Waals surface area contributed by atoms with Gasteiger partial charge in [-0.1, -0.05) is 13.8 Å². The maximum absolute atomic E-state index is 12.9. The second kappa shape index (κ2) is 9.26. The zero-order valence-corrected chi connectivity index (χ0v) is 18.5. The quantitative estimate of drug-likeness (QED) is 0.661. The Balaban J connectivity index is 1.66. The van der Waals surface area contributed by atoms with E-state index in [-0.39, 0.29) is 16.7 Å². The average molecular weight is 422 g/mol. The van der Waals surface area contributed by atoms with Gasteiger partial charge >= 0.3 is 0 Å². The number of anilines is 1. The normalized spacial score (nSPS) is 23.4. The van der Waals surface area contributed by atoms with Crippen LogP contribution in [-0.2, 0) is 9.59 Å². The van der Waals surface area contributed by atoms with Gasteiger partial charge in [-0.25, -0.2) is 0 Å². The molecule has 0 radical (unpaired) electrons. The molecule has 0 aromatic heterocycles. The summed E-state index contributed by atoms with van der Waals surface area (Å²) in [6, 6.07) is 4.93. The molecule has 2 fully saturated rings. The largest absolute Gasteiger partial charge is 0.493 e. The number of rotatable bonds is 9. The predicted octanol–water partition coefficient (Wildman–Crippen LogP) is 2.81.